The molecule has 2 aromatic carbocycles. The normalized spacial score (nSPS) is 16.1. The van der Waals surface area contributed by atoms with Gasteiger partial charge in [-0.25, -0.2) is 0 Å². The van der Waals surface area contributed by atoms with Crippen molar-refractivity contribution in [3.05, 3.63) is 65.0 Å². The Morgan fingerprint density at radius 1 is 1.09 bits per heavy atom. The molecule has 0 unspecified atom stereocenters. The van der Waals surface area contributed by atoms with Gasteiger partial charge in [-0.2, -0.15) is 5.26 Å². The summed E-state index contributed by atoms with van der Waals surface area (Å²) in [7, 11) is 3.19. The molecule has 3 rings (SSSR count). The zero-order valence-corrected chi connectivity index (χ0v) is 12.9. The van der Waals surface area contributed by atoms with E-state index in [0.717, 1.165) is 11.1 Å². The van der Waals surface area contributed by atoms with E-state index in [1.165, 1.54) is 0 Å². The molecule has 0 saturated carbocycles. The number of fused-ring (bicyclic) bond motifs is 1. The Hall–Kier alpha value is -3.13. The number of hydrogen-bond acceptors (Lipinski definition) is 5. The van der Waals surface area contributed by atoms with Crippen molar-refractivity contribution < 1.29 is 14.2 Å². The molecule has 2 aromatic rings. The number of hydrogen-bond donors (Lipinski definition) is 1. The van der Waals surface area contributed by atoms with Crippen LogP contribution in [0.25, 0.3) is 0 Å². The van der Waals surface area contributed by atoms with Gasteiger partial charge in [0.2, 0.25) is 5.88 Å². The highest BCUT2D eigenvalue weighted by atomic mass is 16.5. The molecule has 1 aliphatic heterocycles. The van der Waals surface area contributed by atoms with E-state index in [9.17, 15) is 5.26 Å². The minimum absolute atomic E-state index is 0.101. The monoisotopic (exact) mass is 308 g/mol. The minimum Gasteiger partial charge on any atom is -0.497 e. The third-order valence-electron chi connectivity index (χ3n) is 3.88. The Morgan fingerprint density at radius 3 is 2.57 bits per heavy atom. The Bertz CT molecular complexity index is 821. The van der Waals surface area contributed by atoms with Gasteiger partial charge in [0.25, 0.3) is 0 Å². The molecule has 116 valence electrons. The molecule has 5 nitrogen and oxygen atoms in total. The summed E-state index contributed by atoms with van der Waals surface area (Å²) in [5.74, 6) is 1.70. The number of rotatable bonds is 3. The lowest BCUT2D eigenvalue weighted by Gasteiger charge is -2.27. The SMILES string of the molecule is COc1ccc2c(c1)OC(N)=C(C#N)[C@@H]2c1ccccc1OC. The summed E-state index contributed by atoms with van der Waals surface area (Å²) in [6.45, 7) is 0. The zero-order chi connectivity index (χ0) is 16.4. The average molecular weight is 308 g/mol. The van der Waals surface area contributed by atoms with E-state index in [2.05, 4.69) is 6.07 Å². The maximum atomic E-state index is 9.55. The van der Waals surface area contributed by atoms with Crippen molar-refractivity contribution in [1.29, 1.82) is 5.26 Å². The highest BCUT2D eigenvalue weighted by molar-refractivity contribution is 5.59. The topological polar surface area (TPSA) is 77.5 Å². The highest BCUT2D eigenvalue weighted by Gasteiger charge is 2.32. The molecular weight excluding hydrogens is 292 g/mol. The van der Waals surface area contributed by atoms with E-state index in [1.54, 1.807) is 20.3 Å². The van der Waals surface area contributed by atoms with Crippen LogP contribution in [-0.2, 0) is 0 Å². The summed E-state index contributed by atoms with van der Waals surface area (Å²) >= 11 is 0. The number of nitrogens with two attached hydrogens (primary N) is 1. The Balaban J connectivity index is 2.24. The summed E-state index contributed by atoms with van der Waals surface area (Å²) < 4.78 is 16.3. The van der Waals surface area contributed by atoms with Crippen LogP contribution >= 0.6 is 0 Å². The van der Waals surface area contributed by atoms with Crippen LogP contribution in [0, 0.1) is 11.3 Å². The van der Waals surface area contributed by atoms with Gasteiger partial charge in [-0.15, -0.1) is 0 Å². The Kier molecular flexibility index (Phi) is 3.82. The lowest BCUT2D eigenvalue weighted by molar-refractivity contribution is 0.377. The largest absolute Gasteiger partial charge is 0.497 e. The standard InChI is InChI=1S/C18H16N2O3/c1-21-11-7-8-13-16(9-11)23-18(20)14(10-19)17(13)12-5-3-4-6-15(12)22-2/h3-9,17H,20H2,1-2H3/t17-/m1/s1. The molecule has 2 N–H and O–H groups in total. The van der Waals surface area contributed by atoms with E-state index in [4.69, 9.17) is 19.9 Å². The van der Waals surface area contributed by atoms with Gasteiger partial charge >= 0.3 is 0 Å². The van der Waals surface area contributed by atoms with Gasteiger partial charge in [-0.3, -0.25) is 0 Å². The Morgan fingerprint density at radius 2 is 1.87 bits per heavy atom. The van der Waals surface area contributed by atoms with Crippen LogP contribution in [-0.4, -0.2) is 14.2 Å². The first-order valence-electron chi connectivity index (χ1n) is 7.08. The summed E-state index contributed by atoms with van der Waals surface area (Å²) in [5.41, 5.74) is 8.05. The second-order valence-corrected chi connectivity index (χ2v) is 5.07. The molecule has 1 heterocycles. The lowest BCUT2D eigenvalue weighted by Crippen LogP contribution is -2.21. The van der Waals surface area contributed by atoms with Gasteiger partial charge in [0, 0.05) is 17.2 Å². The molecule has 1 aliphatic rings. The van der Waals surface area contributed by atoms with Crippen molar-refractivity contribution in [2.75, 3.05) is 14.2 Å². The third kappa shape index (κ3) is 2.44. The van der Waals surface area contributed by atoms with E-state index in [1.807, 2.05) is 36.4 Å². The van der Waals surface area contributed by atoms with Crippen molar-refractivity contribution in [1.82, 2.24) is 0 Å². The summed E-state index contributed by atoms with van der Waals surface area (Å²) in [5, 5.41) is 9.55. The van der Waals surface area contributed by atoms with Crippen molar-refractivity contribution >= 4 is 0 Å². The quantitative estimate of drug-likeness (QED) is 0.943. The zero-order valence-electron chi connectivity index (χ0n) is 12.9. The first-order valence-corrected chi connectivity index (χ1v) is 7.08. The molecule has 0 aliphatic carbocycles. The van der Waals surface area contributed by atoms with Crippen molar-refractivity contribution in [2.24, 2.45) is 5.73 Å². The van der Waals surface area contributed by atoms with Gasteiger partial charge in [-0.1, -0.05) is 24.3 Å². The predicted molar refractivity (Wildman–Crippen MR) is 85.3 cm³/mol. The first-order chi connectivity index (χ1) is 11.2. The van der Waals surface area contributed by atoms with E-state index in [-0.39, 0.29) is 11.8 Å². The number of ether oxygens (including phenoxy) is 3. The van der Waals surface area contributed by atoms with Gasteiger partial charge in [0.15, 0.2) is 0 Å². The average Bonchev–Trinajstić information content (AvgIpc) is 2.59. The number of methoxy groups -OCH3 is 2. The fourth-order valence-electron chi connectivity index (χ4n) is 2.79. The van der Waals surface area contributed by atoms with Crippen LogP contribution in [0.1, 0.15) is 17.0 Å². The van der Waals surface area contributed by atoms with Crippen molar-refractivity contribution in [3.63, 3.8) is 0 Å². The molecular formula is C18H16N2O3. The molecule has 0 aromatic heterocycles. The smallest absolute Gasteiger partial charge is 0.205 e. The van der Waals surface area contributed by atoms with Gasteiger partial charge in [0.1, 0.15) is 28.9 Å². The Labute approximate surface area is 134 Å². The maximum Gasteiger partial charge on any atom is 0.205 e. The van der Waals surface area contributed by atoms with Crippen molar-refractivity contribution in [2.45, 2.75) is 5.92 Å². The summed E-state index contributed by atoms with van der Waals surface area (Å²) in [6.07, 6.45) is 0. The minimum atomic E-state index is -0.342. The fraction of sp³-hybridized carbons (Fsp3) is 0.167. The first kappa shape index (κ1) is 14.8. The third-order valence-corrected chi connectivity index (χ3v) is 3.88. The van der Waals surface area contributed by atoms with E-state index in [0.29, 0.717) is 22.8 Å². The number of allylic oxidation sites excluding steroid dienone is 1. The van der Waals surface area contributed by atoms with Gasteiger partial charge in [-0.05, 0) is 12.1 Å². The van der Waals surface area contributed by atoms with Crippen LogP contribution in [0.15, 0.2) is 53.9 Å². The molecule has 0 bridgehead atoms. The molecule has 0 saturated heterocycles. The number of benzene rings is 2. The molecule has 23 heavy (non-hydrogen) atoms. The maximum absolute atomic E-state index is 9.55. The molecule has 0 radical (unpaired) electrons. The lowest BCUT2D eigenvalue weighted by atomic mass is 9.83. The van der Waals surface area contributed by atoms with Crippen LogP contribution in [0.2, 0.25) is 0 Å². The highest BCUT2D eigenvalue weighted by Crippen LogP contribution is 2.45. The molecule has 5 heteroatoms. The number of nitrogens with zero attached hydrogens (tertiary/aromatic N) is 1. The second kappa shape index (κ2) is 5.93. The van der Waals surface area contributed by atoms with Gasteiger partial charge in [0.05, 0.1) is 20.1 Å². The fourth-order valence-corrected chi connectivity index (χ4v) is 2.79. The molecule has 0 fully saturated rings. The molecule has 0 amide bonds. The number of para-hydroxylation sites is 1. The van der Waals surface area contributed by atoms with Crippen LogP contribution < -0.4 is 19.9 Å². The van der Waals surface area contributed by atoms with Crippen molar-refractivity contribution in [3.8, 4) is 23.3 Å². The van der Waals surface area contributed by atoms with Crippen LogP contribution in [0.3, 0.4) is 0 Å². The predicted octanol–water partition coefficient (Wildman–Crippen LogP) is 2.92. The molecule has 0 spiro atoms. The molecule has 1 atom stereocenters. The van der Waals surface area contributed by atoms with E-state index >= 15 is 0 Å². The van der Waals surface area contributed by atoms with Gasteiger partial charge < -0.3 is 19.9 Å². The number of nitriles is 1. The van der Waals surface area contributed by atoms with E-state index < -0.39 is 0 Å². The van der Waals surface area contributed by atoms with Crippen LogP contribution in [0.4, 0.5) is 0 Å². The van der Waals surface area contributed by atoms with Crippen LogP contribution in [0.5, 0.6) is 17.2 Å². The second-order valence-electron chi connectivity index (χ2n) is 5.07. The summed E-state index contributed by atoms with van der Waals surface area (Å²) in [6, 6.07) is 15.2. The summed E-state index contributed by atoms with van der Waals surface area (Å²) in [4.78, 5) is 0.